The van der Waals surface area contributed by atoms with Crippen LogP contribution in [0, 0.1) is 13.8 Å². The highest BCUT2D eigenvalue weighted by molar-refractivity contribution is 8.03. The Labute approximate surface area is 136 Å². The minimum absolute atomic E-state index is 1.39. The van der Waals surface area contributed by atoms with Gasteiger partial charge < -0.3 is 0 Å². The van der Waals surface area contributed by atoms with Gasteiger partial charge in [0, 0.05) is 9.40 Å². The van der Waals surface area contributed by atoms with Gasteiger partial charge in [-0.25, -0.2) is 0 Å². The Balaban J connectivity index is 1.83. The minimum Gasteiger partial charge on any atom is -0.128 e. The Kier molecular flexibility index (Phi) is 3.29. The van der Waals surface area contributed by atoms with Gasteiger partial charge >= 0.3 is 0 Å². The number of fused-ring (bicyclic) bond motifs is 2. The van der Waals surface area contributed by atoms with Crippen molar-refractivity contribution in [2.45, 2.75) is 22.3 Å². The zero-order valence-corrected chi connectivity index (χ0v) is 14.3. The molecule has 0 atom stereocenters. The molecule has 3 heteroatoms. The summed E-state index contributed by atoms with van der Waals surface area (Å²) in [5.41, 5.74) is 2.83. The van der Waals surface area contributed by atoms with E-state index < -0.39 is 0 Å². The average Bonchev–Trinajstić information content (AvgIpc) is 2.99. The highest BCUT2D eigenvalue weighted by Crippen LogP contribution is 2.46. The molecule has 0 aliphatic rings. The van der Waals surface area contributed by atoms with E-state index in [0.29, 0.717) is 0 Å². The van der Waals surface area contributed by atoms with Gasteiger partial charge in [0.15, 0.2) is 0 Å². The van der Waals surface area contributed by atoms with E-state index in [1.54, 1.807) is 0 Å². The molecule has 0 nitrogen and oxygen atoms in total. The van der Waals surface area contributed by atoms with E-state index in [-0.39, 0.29) is 0 Å². The van der Waals surface area contributed by atoms with Gasteiger partial charge in [-0.05, 0) is 47.9 Å². The summed E-state index contributed by atoms with van der Waals surface area (Å²) in [5, 5.41) is 2.78. The van der Waals surface area contributed by atoms with Crippen LogP contribution in [-0.2, 0) is 0 Å². The molecule has 4 rings (SSSR count). The van der Waals surface area contributed by atoms with Gasteiger partial charge in [-0.3, -0.25) is 0 Å². The molecule has 0 unspecified atom stereocenters. The van der Waals surface area contributed by atoms with Gasteiger partial charge in [0.1, 0.15) is 0 Å². The quantitative estimate of drug-likeness (QED) is 0.387. The molecule has 2 aromatic heterocycles. The number of thiophene rings is 2. The zero-order valence-electron chi connectivity index (χ0n) is 11.8. The summed E-state index contributed by atoms with van der Waals surface area (Å²) in [6, 6.07) is 17.4. The van der Waals surface area contributed by atoms with Gasteiger partial charge in [-0.15, -0.1) is 22.7 Å². The van der Waals surface area contributed by atoms with Crippen LogP contribution < -0.4 is 0 Å². The van der Waals surface area contributed by atoms with Crippen molar-refractivity contribution < 1.29 is 0 Å². The Hall–Kier alpha value is -1.29. The van der Waals surface area contributed by atoms with Crippen LogP contribution >= 0.6 is 34.4 Å². The fourth-order valence-electron chi connectivity index (χ4n) is 2.58. The second kappa shape index (κ2) is 5.16. The molecular weight excluding hydrogens is 312 g/mol. The summed E-state index contributed by atoms with van der Waals surface area (Å²) in [5.74, 6) is 0. The van der Waals surface area contributed by atoms with Crippen LogP contribution in [0.2, 0.25) is 0 Å². The van der Waals surface area contributed by atoms with Crippen LogP contribution in [0.4, 0.5) is 0 Å². The van der Waals surface area contributed by atoms with Crippen molar-refractivity contribution in [2.24, 2.45) is 0 Å². The average molecular weight is 327 g/mol. The number of hydrogen-bond acceptors (Lipinski definition) is 3. The summed E-state index contributed by atoms with van der Waals surface area (Å²) in [4.78, 5) is 0. The van der Waals surface area contributed by atoms with Crippen molar-refractivity contribution in [3.63, 3.8) is 0 Å². The van der Waals surface area contributed by atoms with E-state index in [2.05, 4.69) is 62.4 Å². The topological polar surface area (TPSA) is 0 Å². The number of hydrogen-bond donors (Lipinski definition) is 0. The molecule has 0 radical (unpaired) electrons. The molecule has 0 saturated carbocycles. The summed E-state index contributed by atoms with van der Waals surface area (Å²) >= 11 is 5.74. The number of rotatable bonds is 2. The van der Waals surface area contributed by atoms with Crippen molar-refractivity contribution in [3.8, 4) is 0 Å². The first-order valence-corrected chi connectivity index (χ1v) is 9.33. The number of benzene rings is 2. The maximum Gasteiger partial charge on any atom is 0.0696 e. The molecule has 21 heavy (non-hydrogen) atoms. The zero-order chi connectivity index (χ0) is 14.4. The standard InChI is InChI=1S/C18H14S3/c1-11-13-7-3-5-9-15(13)19-17(11)21-18-12(2)14-8-4-6-10-16(14)20-18/h3-10H,1-2H3. The van der Waals surface area contributed by atoms with Crippen LogP contribution in [0.3, 0.4) is 0 Å². The highest BCUT2D eigenvalue weighted by Gasteiger charge is 2.14. The summed E-state index contributed by atoms with van der Waals surface area (Å²) in [7, 11) is 0. The first-order valence-electron chi connectivity index (χ1n) is 6.88. The van der Waals surface area contributed by atoms with E-state index in [1.807, 2.05) is 34.4 Å². The van der Waals surface area contributed by atoms with Gasteiger partial charge in [0.25, 0.3) is 0 Å². The Bertz CT molecular complexity index is 866. The molecule has 0 amide bonds. The lowest BCUT2D eigenvalue weighted by Gasteiger charge is -1.98. The Morgan fingerprint density at radius 1 is 0.667 bits per heavy atom. The summed E-state index contributed by atoms with van der Waals surface area (Å²) in [6.45, 7) is 4.48. The van der Waals surface area contributed by atoms with Gasteiger partial charge in [0.2, 0.25) is 0 Å². The summed E-state index contributed by atoms with van der Waals surface area (Å²) in [6.07, 6.45) is 0. The monoisotopic (exact) mass is 326 g/mol. The molecule has 2 heterocycles. The molecule has 0 aliphatic heterocycles. The molecule has 0 saturated heterocycles. The van der Waals surface area contributed by atoms with E-state index >= 15 is 0 Å². The highest BCUT2D eigenvalue weighted by atomic mass is 32.2. The maximum atomic E-state index is 2.24. The first-order chi connectivity index (χ1) is 10.2. The van der Waals surface area contributed by atoms with Crippen LogP contribution in [-0.4, -0.2) is 0 Å². The van der Waals surface area contributed by atoms with E-state index in [0.717, 1.165) is 0 Å². The largest absolute Gasteiger partial charge is 0.128 e. The third-order valence-electron chi connectivity index (χ3n) is 3.79. The first kappa shape index (κ1) is 13.4. The second-order valence-electron chi connectivity index (χ2n) is 5.12. The molecule has 104 valence electrons. The lowest BCUT2D eigenvalue weighted by Crippen LogP contribution is -1.73. The molecule has 4 aromatic rings. The van der Waals surface area contributed by atoms with Gasteiger partial charge in [-0.1, -0.05) is 48.2 Å². The maximum absolute atomic E-state index is 2.24. The number of aryl methyl sites for hydroxylation is 2. The minimum atomic E-state index is 1.39. The van der Waals surface area contributed by atoms with Crippen LogP contribution in [0.5, 0.6) is 0 Å². The molecular formula is C18H14S3. The fourth-order valence-corrected chi connectivity index (χ4v) is 6.69. The molecule has 0 N–H and O–H groups in total. The Morgan fingerprint density at radius 3 is 1.52 bits per heavy atom. The SMILES string of the molecule is Cc1c(Sc2sc3ccccc3c2C)sc2ccccc12. The van der Waals surface area contributed by atoms with E-state index in [1.165, 1.54) is 39.7 Å². The summed E-state index contributed by atoms with van der Waals surface area (Å²) < 4.78 is 5.62. The van der Waals surface area contributed by atoms with Crippen molar-refractivity contribution in [2.75, 3.05) is 0 Å². The third-order valence-corrected chi connectivity index (χ3v) is 7.90. The fraction of sp³-hybridized carbons (Fsp3) is 0.111. The van der Waals surface area contributed by atoms with Crippen LogP contribution in [0.15, 0.2) is 56.9 Å². The van der Waals surface area contributed by atoms with Crippen LogP contribution in [0.25, 0.3) is 20.2 Å². The smallest absolute Gasteiger partial charge is 0.0696 e. The second-order valence-corrected chi connectivity index (χ2v) is 8.77. The van der Waals surface area contributed by atoms with Crippen molar-refractivity contribution in [1.29, 1.82) is 0 Å². The molecule has 2 aromatic carbocycles. The van der Waals surface area contributed by atoms with Crippen molar-refractivity contribution in [1.82, 2.24) is 0 Å². The molecule has 0 aliphatic carbocycles. The van der Waals surface area contributed by atoms with Crippen LogP contribution in [0.1, 0.15) is 11.1 Å². The normalized spacial score (nSPS) is 11.5. The predicted octanol–water partition coefficient (Wildman–Crippen LogP) is 6.88. The lowest BCUT2D eigenvalue weighted by molar-refractivity contribution is 1.43. The lowest BCUT2D eigenvalue weighted by atomic mass is 10.2. The van der Waals surface area contributed by atoms with Crippen molar-refractivity contribution in [3.05, 3.63) is 59.7 Å². The van der Waals surface area contributed by atoms with E-state index in [9.17, 15) is 0 Å². The third kappa shape index (κ3) is 2.20. The molecule has 0 bridgehead atoms. The van der Waals surface area contributed by atoms with Gasteiger partial charge in [-0.2, -0.15) is 0 Å². The Morgan fingerprint density at radius 2 is 1.10 bits per heavy atom. The molecule has 0 fully saturated rings. The van der Waals surface area contributed by atoms with E-state index in [4.69, 9.17) is 0 Å². The van der Waals surface area contributed by atoms with Crippen molar-refractivity contribution >= 4 is 54.6 Å². The van der Waals surface area contributed by atoms with Gasteiger partial charge in [0.05, 0.1) is 8.42 Å². The molecule has 0 spiro atoms. The predicted molar refractivity (Wildman–Crippen MR) is 97.2 cm³/mol.